The number of rotatable bonds is 16. The predicted molar refractivity (Wildman–Crippen MR) is 187 cm³/mol. The van der Waals surface area contributed by atoms with Crippen LogP contribution in [0.1, 0.15) is 90.9 Å². The molecule has 0 spiro atoms. The average molecular weight is 597 g/mol. The largest absolute Gasteiger partial charge is 0.449 e. The average Bonchev–Trinajstić information content (AvgIpc) is 3.63. The molecule has 0 saturated carbocycles. The Morgan fingerprint density at radius 3 is 1.24 bits per heavy atom. The third kappa shape index (κ3) is 6.50. The Morgan fingerprint density at radius 2 is 0.786 bits per heavy atom. The van der Waals surface area contributed by atoms with E-state index < -0.39 is 0 Å². The van der Waals surface area contributed by atoms with Gasteiger partial charge < -0.3 is 8.83 Å². The lowest BCUT2D eigenvalue weighted by Gasteiger charge is -2.08. The fraction of sp³-hybridized carbons (Fsp3) is 0.421. The summed E-state index contributed by atoms with van der Waals surface area (Å²) < 4.78 is 12.9. The SMILES string of the molecule is CCCCCCCCSc1cc2ccc3c4ccc5c(ccc6cc(SCCCCCCCC)oc65)c4ccc3c2o1. The van der Waals surface area contributed by atoms with E-state index in [9.17, 15) is 0 Å². The molecule has 0 aliphatic heterocycles. The standard InChI is InChI=1S/C38H44O2S2/c1-3-5-7-9-11-13-23-41-35-25-27-15-17-31-29-20-22-34-32(30(29)19-21-33(31)37(27)39-35)18-16-28-26-36(40-38(28)34)42-24-14-12-10-8-6-4-2/h15-22,25-26H,3-14,23-24H2,1-2H3. The van der Waals surface area contributed by atoms with Gasteiger partial charge in [-0.15, -0.1) is 0 Å². The second-order valence-electron chi connectivity index (χ2n) is 11.7. The van der Waals surface area contributed by atoms with Crippen molar-refractivity contribution in [1.82, 2.24) is 0 Å². The van der Waals surface area contributed by atoms with Crippen molar-refractivity contribution >= 4 is 77.8 Å². The van der Waals surface area contributed by atoms with Gasteiger partial charge in [0.1, 0.15) is 11.2 Å². The highest BCUT2D eigenvalue weighted by Gasteiger charge is 2.14. The number of furan rings is 2. The van der Waals surface area contributed by atoms with Crippen molar-refractivity contribution in [2.75, 3.05) is 11.5 Å². The van der Waals surface area contributed by atoms with Gasteiger partial charge in [-0.2, -0.15) is 0 Å². The van der Waals surface area contributed by atoms with Crippen LogP contribution < -0.4 is 0 Å². The summed E-state index contributed by atoms with van der Waals surface area (Å²) in [5.74, 6) is 2.25. The molecule has 4 heteroatoms. The lowest BCUT2D eigenvalue weighted by Crippen LogP contribution is -1.82. The molecule has 0 amide bonds. The van der Waals surface area contributed by atoms with E-state index in [0.29, 0.717) is 0 Å². The molecule has 0 bridgehead atoms. The van der Waals surface area contributed by atoms with Crippen molar-refractivity contribution in [2.45, 2.75) is 101 Å². The van der Waals surface area contributed by atoms with E-state index in [1.807, 2.05) is 23.5 Å². The summed E-state index contributed by atoms with van der Waals surface area (Å²) in [7, 11) is 0. The summed E-state index contributed by atoms with van der Waals surface area (Å²) in [5, 5.41) is 11.9. The van der Waals surface area contributed by atoms with Crippen LogP contribution in [-0.4, -0.2) is 11.5 Å². The van der Waals surface area contributed by atoms with Crippen molar-refractivity contribution in [3.8, 4) is 0 Å². The number of fused-ring (bicyclic) bond motifs is 9. The van der Waals surface area contributed by atoms with E-state index >= 15 is 0 Å². The van der Waals surface area contributed by atoms with E-state index in [1.54, 1.807) is 0 Å². The molecular weight excluding hydrogens is 553 g/mol. The van der Waals surface area contributed by atoms with Crippen LogP contribution in [-0.2, 0) is 0 Å². The van der Waals surface area contributed by atoms with E-state index in [1.165, 1.54) is 120 Å². The Balaban J connectivity index is 1.21. The van der Waals surface area contributed by atoms with E-state index in [0.717, 1.165) is 32.9 Å². The van der Waals surface area contributed by atoms with Crippen LogP contribution in [0.25, 0.3) is 54.3 Å². The zero-order valence-electron chi connectivity index (χ0n) is 25.3. The maximum atomic E-state index is 6.43. The molecule has 2 nitrogen and oxygen atoms in total. The van der Waals surface area contributed by atoms with Crippen molar-refractivity contribution in [3.05, 3.63) is 60.7 Å². The first-order valence-electron chi connectivity index (χ1n) is 16.3. The summed E-state index contributed by atoms with van der Waals surface area (Å²) in [6, 6.07) is 22.5. The molecule has 0 radical (unpaired) electrons. The van der Waals surface area contributed by atoms with E-state index in [4.69, 9.17) is 8.83 Å². The van der Waals surface area contributed by atoms with Crippen LogP contribution in [0.15, 0.2) is 79.7 Å². The first kappa shape index (κ1) is 29.5. The van der Waals surface area contributed by atoms with Crippen molar-refractivity contribution < 1.29 is 8.83 Å². The zero-order valence-corrected chi connectivity index (χ0v) is 26.9. The van der Waals surface area contributed by atoms with Crippen LogP contribution >= 0.6 is 23.5 Å². The highest BCUT2D eigenvalue weighted by molar-refractivity contribution is 7.99. The number of benzene rings is 4. The van der Waals surface area contributed by atoms with E-state index in [-0.39, 0.29) is 0 Å². The molecule has 0 N–H and O–H groups in total. The minimum Gasteiger partial charge on any atom is -0.449 e. The third-order valence-corrected chi connectivity index (χ3v) is 10.6. The van der Waals surface area contributed by atoms with Crippen LogP contribution in [0.3, 0.4) is 0 Å². The van der Waals surface area contributed by atoms with Gasteiger partial charge in [0.25, 0.3) is 0 Å². The van der Waals surface area contributed by atoms with Gasteiger partial charge in [-0.25, -0.2) is 0 Å². The minimum atomic E-state index is 1.01. The molecule has 0 atom stereocenters. The van der Waals surface area contributed by atoms with Gasteiger partial charge in [-0.05, 0) is 58.7 Å². The lowest BCUT2D eigenvalue weighted by molar-refractivity contribution is 0.517. The van der Waals surface area contributed by atoms with Gasteiger partial charge in [0, 0.05) is 33.1 Å². The molecule has 6 rings (SSSR count). The summed E-state index contributed by atoms with van der Waals surface area (Å²) in [5.41, 5.74) is 2.02. The van der Waals surface area contributed by atoms with Crippen LogP contribution in [0.5, 0.6) is 0 Å². The number of hydrogen-bond acceptors (Lipinski definition) is 4. The minimum absolute atomic E-state index is 1.01. The first-order chi connectivity index (χ1) is 20.8. The van der Waals surface area contributed by atoms with Gasteiger partial charge in [-0.3, -0.25) is 0 Å². The molecule has 4 aromatic carbocycles. The second kappa shape index (κ2) is 14.3. The normalized spacial score (nSPS) is 12.1. The summed E-state index contributed by atoms with van der Waals surface area (Å²) in [4.78, 5) is 0. The molecule has 2 heterocycles. The smallest absolute Gasteiger partial charge is 0.161 e. The zero-order chi connectivity index (χ0) is 28.7. The Kier molecular flexibility index (Phi) is 10.0. The van der Waals surface area contributed by atoms with Crippen molar-refractivity contribution in [1.29, 1.82) is 0 Å². The Hall–Kier alpha value is -2.56. The number of thioether (sulfide) groups is 2. The topological polar surface area (TPSA) is 26.3 Å². The van der Waals surface area contributed by atoms with Gasteiger partial charge in [0.05, 0.1) is 0 Å². The maximum absolute atomic E-state index is 6.43. The third-order valence-electron chi connectivity index (χ3n) is 8.59. The molecule has 0 aliphatic rings. The number of hydrogen-bond donors (Lipinski definition) is 0. The summed E-state index contributed by atoms with van der Waals surface area (Å²) in [6.45, 7) is 4.55. The fourth-order valence-corrected chi connectivity index (χ4v) is 8.04. The Morgan fingerprint density at radius 1 is 0.429 bits per heavy atom. The van der Waals surface area contributed by atoms with Gasteiger partial charge >= 0.3 is 0 Å². The first-order valence-corrected chi connectivity index (χ1v) is 18.2. The predicted octanol–water partition coefficient (Wildman–Crippen LogP) is 13.5. The molecule has 220 valence electrons. The highest BCUT2D eigenvalue weighted by atomic mass is 32.2. The molecule has 0 aliphatic carbocycles. The maximum Gasteiger partial charge on any atom is 0.161 e. The summed E-state index contributed by atoms with van der Waals surface area (Å²) in [6.07, 6.45) is 15.9. The van der Waals surface area contributed by atoms with Gasteiger partial charge in [0.2, 0.25) is 0 Å². The molecule has 6 aromatic rings. The second-order valence-corrected chi connectivity index (χ2v) is 13.9. The monoisotopic (exact) mass is 596 g/mol. The quantitative estimate of drug-likeness (QED) is 0.0630. The van der Waals surface area contributed by atoms with Crippen LogP contribution in [0.2, 0.25) is 0 Å². The molecular formula is C38H44O2S2. The van der Waals surface area contributed by atoms with Gasteiger partial charge in [-0.1, -0.05) is 138 Å². The molecule has 2 aromatic heterocycles. The van der Waals surface area contributed by atoms with Crippen molar-refractivity contribution in [2.24, 2.45) is 0 Å². The van der Waals surface area contributed by atoms with Crippen LogP contribution in [0.4, 0.5) is 0 Å². The molecule has 0 saturated heterocycles. The van der Waals surface area contributed by atoms with Gasteiger partial charge in [0.15, 0.2) is 10.2 Å². The number of unbranched alkanes of at least 4 members (excludes halogenated alkanes) is 10. The lowest BCUT2D eigenvalue weighted by atomic mass is 9.96. The van der Waals surface area contributed by atoms with E-state index in [2.05, 4.69) is 74.5 Å². The molecule has 42 heavy (non-hydrogen) atoms. The fourth-order valence-electron chi connectivity index (χ4n) is 6.24. The Labute approximate surface area is 259 Å². The Bertz CT molecular complexity index is 1650. The molecule has 0 fully saturated rings. The van der Waals surface area contributed by atoms with Crippen LogP contribution in [0, 0.1) is 0 Å². The highest BCUT2D eigenvalue weighted by Crippen LogP contribution is 2.40. The molecule has 0 unspecified atom stereocenters. The van der Waals surface area contributed by atoms with Crippen molar-refractivity contribution in [3.63, 3.8) is 0 Å². The summed E-state index contributed by atoms with van der Waals surface area (Å²) >= 11 is 3.72.